The molecule has 0 radical (unpaired) electrons. The number of hydrogen-bond donors (Lipinski definition) is 3. The fourth-order valence-corrected chi connectivity index (χ4v) is 3.53. The van der Waals surface area contributed by atoms with Crippen LogP contribution in [0, 0.1) is 6.92 Å². The average molecular weight is 431 g/mol. The van der Waals surface area contributed by atoms with Crippen LogP contribution in [0.3, 0.4) is 0 Å². The Balaban J connectivity index is 0.000000757. The molecule has 2 aromatic heterocycles. The highest BCUT2D eigenvalue weighted by Crippen LogP contribution is 2.35. The molecule has 0 bridgehead atoms. The number of aromatic nitrogens is 4. The standard InChI is InChI=1S/C20H24N6.CH2O2.ClH/c1-15-4-3-5-17(14-15)23-20(8-12-26(2)13-9-20)19-22-18(24-25-19)16-6-10-21-11-7-16;2-1-3;/h3-7,10-11,14,23H,8-9,12-13H2,1-2H3,(H,22,24,25);1H,(H,2,3);1H. The first-order chi connectivity index (χ1) is 14.1. The van der Waals surface area contributed by atoms with Crippen molar-refractivity contribution in [2.75, 3.05) is 25.5 Å². The largest absolute Gasteiger partial charge is 0.483 e. The van der Waals surface area contributed by atoms with Crippen molar-refractivity contribution < 1.29 is 9.90 Å². The third-order valence-electron chi connectivity index (χ3n) is 5.12. The lowest BCUT2D eigenvalue weighted by Gasteiger charge is -2.40. The van der Waals surface area contributed by atoms with E-state index in [0.29, 0.717) is 5.82 Å². The number of aryl methyl sites for hydroxylation is 1. The molecular weight excluding hydrogens is 404 g/mol. The van der Waals surface area contributed by atoms with Crippen LogP contribution in [-0.4, -0.2) is 56.8 Å². The molecule has 9 heteroatoms. The van der Waals surface area contributed by atoms with Crippen LogP contribution < -0.4 is 5.32 Å². The van der Waals surface area contributed by atoms with Crippen molar-refractivity contribution in [1.29, 1.82) is 0 Å². The molecule has 0 aliphatic carbocycles. The summed E-state index contributed by atoms with van der Waals surface area (Å²) in [5, 5.41) is 18.3. The smallest absolute Gasteiger partial charge is 0.290 e. The van der Waals surface area contributed by atoms with Gasteiger partial charge in [-0.1, -0.05) is 12.1 Å². The lowest BCUT2D eigenvalue weighted by atomic mass is 9.86. The van der Waals surface area contributed by atoms with E-state index in [-0.39, 0.29) is 24.4 Å². The maximum absolute atomic E-state index is 8.36. The van der Waals surface area contributed by atoms with E-state index in [4.69, 9.17) is 14.9 Å². The number of nitrogens with one attached hydrogen (secondary N) is 2. The summed E-state index contributed by atoms with van der Waals surface area (Å²) < 4.78 is 0. The summed E-state index contributed by atoms with van der Waals surface area (Å²) in [6, 6.07) is 12.4. The maximum atomic E-state index is 8.36. The van der Waals surface area contributed by atoms with E-state index in [1.54, 1.807) is 12.4 Å². The van der Waals surface area contributed by atoms with Crippen LogP contribution in [0.2, 0.25) is 0 Å². The highest BCUT2D eigenvalue weighted by atomic mass is 35.5. The van der Waals surface area contributed by atoms with E-state index in [9.17, 15) is 0 Å². The monoisotopic (exact) mass is 430 g/mol. The van der Waals surface area contributed by atoms with Crippen LogP contribution in [0.25, 0.3) is 11.4 Å². The number of aromatic amines is 1. The van der Waals surface area contributed by atoms with E-state index >= 15 is 0 Å². The van der Waals surface area contributed by atoms with Crippen LogP contribution >= 0.6 is 12.4 Å². The molecule has 3 heterocycles. The summed E-state index contributed by atoms with van der Waals surface area (Å²) in [4.78, 5) is 19.6. The Labute approximate surface area is 182 Å². The van der Waals surface area contributed by atoms with Crippen LogP contribution in [-0.2, 0) is 10.3 Å². The number of hydrogen-bond acceptors (Lipinski definition) is 6. The summed E-state index contributed by atoms with van der Waals surface area (Å²) >= 11 is 0. The van der Waals surface area contributed by atoms with Gasteiger partial charge in [0.1, 0.15) is 0 Å². The van der Waals surface area contributed by atoms with Crippen molar-refractivity contribution in [1.82, 2.24) is 25.1 Å². The Kier molecular flexibility index (Phi) is 8.32. The minimum absolute atomic E-state index is 0. The number of pyridine rings is 1. The number of carbonyl (C=O) groups is 1. The van der Waals surface area contributed by atoms with Crippen LogP contribution in [0.1, 0.15) is 24.2 Å². The Morgan fingerprint density at radius 2 is 1.87 bits per heavy atom. The summed E-state index contributed by atoms with van der Waals surface area (Å²) in [6.07, 6.45) is 5.48. The number of H-pyrrole nitrogens is 1. The number of nitrogens with zero attached hydrogens (tertiary/aromatic N) is 4. The number of piperidine rings is 1. The molecule has 1 fully saturated rings. The van der Waals surface area contributed by atoms with Gasteiger partial charge in [0.25, 0.3) is 6.47 Å². The maximum Gasteiger partial charge on any atom is 0.290 e. The van der Waals surface area contributed by atoms with Gasteiger partial charge in [0.05, 0.1) is 5.54 Å². The van der Waals surface area contributed by atoms with E-state index in [0.717, 1.165) is 43.0 Å². The number of rotatable bonds is 4. The predicted molar refractivity (Wildman–Crippen MR) is 119 cm³/mol. The Hall–Kier alpha value is -2.97. The van der Waals surface area contributed by atoms with Crippen molar-refractivity contribution in [3.8, 4) is 11.4 Å². The number of carboxylic acid groups (broad SMARTS) is 1. The Bertz CT molecular complexity index is 926. The fraction of sp³-hybridized carbons (Fsp3) is 0.333. The molecule has 0 amide bonds. The van der Waals surface area contributed by atoms with Crippen molar-refractivity contribution in [3.05, 3.63) is 60.2 Å². The summed E-state index contributed by atoms with van der Waals surface area (Å²) in [7, 11) is 2.17. The number of likely N-dealkylation sites (tertiary alicyclic amines) is 1. The summed E-state index contributed by atoms with van der Waals surface area (Å²) in [6.45, 7) is 3.90. The molecular formula is C21H27ClN6O2. The number of anilines is 1. The molecule has 3 N–H and O–H groups in total. The van der Waals surface area contributed by atoms with Gasteiger partial charge in [-0.2, -0.15) is 5.10 Å². The topological polar surface area (TPSA) is 107 Å². The second-order valence-electron chi connectivity index (χ2n) is 7.23. The van der Waals surface area contributed by atoms with Gasteiger partial charge in [0, 0.05) is 36.7 Å². The van der Waals surface area contributed by atoms with Gasteiger partial charge in [0.2, 0.25) is 0 Å². The lowest BCUT2D eigenvalue weighted by molar-refractivity contribution is -0.122. The van der Waals surface area contributed by atoms with Crippen molar-refractivity contribution in [3.63, 3.8) is 0 Å². The second-order valence-corrected chi connectivity index (χ2v) is 7.23. The quantitative estimate of drug-likeness (QED) is 0.545. The van der Waals surface area contributed by atoms with Gasteiger partial charge >= 0.3 is 0 Å². The van der Waals surface area contributed by atoms with Gasteiger partial charge in [-0.25, -0.2) is 4.98 Å². The molecule has 0 unspecified atom stereocenters. The van der Waals surface area contributed by atoms with Crippen molar-refractivity contribution in [2.45, 2.75) is 25.3 Å². The number of benzene rings is 1. The first-order valence-electron chi connectivity index (χ1n) is 9.51. The Morgan fingerprint density at radius 3 is 2.50 bits per heavy atom. The molecule has 0 spiro atoms. The van der Waals surface area contributed by atoms with E-state index in [1.165, 1.54) is 5.56 Å². The van der Waals surface area contributed by atoms with Gasteiger partial charge in [0.15, 0.2) is 11.6 Å². The molecule has 0 atom stereocenters. The second kappa shape index (κ2) is 10.7. The van der Waals surface area contributed by atoms with Crippen LogP contribution in [0.4, 0.5) is 5.69 Å². The Morgan fingerprint density at radius 1 is 1.20 bits per heavy atom. The summed E-state index contributed by atoms with van der Waals surface area (Å²) in [5.74, 6) is 1.62. The van der Waals surface area contributed by atoms with Crippen LogP contribution in [0.5, 0.6) is 0 Å². The molecule has 1 aromatic carbocycles. The molecule has 30 heavy (non-hydrogen) atoms. The van der Waals surface area contributed by atoms with E-state index in [1.807, 2.05) is 12.1 Å². The van der Waals surface area contributed by atoms with Gasteiger partial charge in [-0.15, -0.1) is 12.4 Å². The molecule has 1 saturated heterocycles. The van der Waals surface area contributed by atoms with E-state index < -0.39 is 0 Å². The minimum Gasteiger partial charge on any atom is -0.483 e. The first kappa shape index (κ1) is 23.3. The average Bonchev–Trinajstić information content (AvgIpc) is 3.22. The third kappa shape index (κ3) is 5.55. The molecule has 1 aliphatic rings. The highest BCUT2D eigenvalue weighted by Gasteiger charge is 2.38. The third-order valence-corrected chi connectivity index (χ3v) is 5.12. The van der Waals surface area contributed by atoms with Gasteiger partial charge in [-0.05, 0) is 56.6 Å². The van der Waals surface area contributed by atoms with Crippen molar-refractivity contribution >= 4 is 24.6 Å². The molecule has 4 rings (SSSR count). The zero-order valence-corrected chi connectivity index (χ0v) is 17.9. The minimum atomic E-state index is -0.250. The molecule has 8 nitrogen and oxygen atoms in total. The predicted octanol–water partition coefficient (Wildman–Crippen LogP) is 3.33. The molecule has 0 saturated carbocycles. The van der Waals surface area contributed by atoms with Crippen LogP contribution in [0.15, 0.2) is 48.8 Å². The van der Waals surface area contributed by atoms with Gasteiger partial charge in [-0.3, -0.25) is 14.9 Å². The van der Waals surface area contributed by atoms with Gasteiger partial charge < -0.3 is 15.3 Å². The zero-order chi connectivity index (χ0) is 20.7. The normalized spacial score (nSPS) is 15.3. The number of halogens is 1. The molecule has 1 aliphatic heterocycles. The van der Waals surface area contributed by atoms with Crippen molar-refractivity contribution in [2.24, 2.45) is 0 Å². The molecule has 160 valence electrons. The lowest BCUT2D eigenvalue weighted by Crippen LogP contribution is -2.46. The molecule has 3 aromatic rings. The first-order valence-corrected chi connectivity index (χ1v) is 9.51. The summed E-state index contributed by atoms with van der Waals surface area (Å²) in [5.41, 5.74) is 3.10. The van der Waals surface area contributed by atoms with E-state index in [2.05, 4.69) is 63.6 Å². The SMILES string of the molecule is Cc1cccc(NC2(c3nc(-c4ccncc4)n[nH]3)CCN(C)CC2)c1.Cl.O=CO. The fourth-order valence-electron chi connectivity index (χ4n) is 3.53. The highest BCUT2D eigenvalue weighted by molar-refractivity contribution is 5.85. The zero-order valence-electron chi connectivity index (χ0n) is 17.1.